The maximum absolute atomic E-state index is 4.28. The van der Waals surface area contributed by atoms with Crippen LogP contribution in [0.3, 0.4) is 0 Å². The summed E-state index contributed by atoms with van der Waals surface area (Å²) in [5.41, 5.74) is 2.59. The van der Waals surface area contributed by atoms with Gasteiger partial charge in [0.15, 0.2) is 0 Å². The van der Waals surface area contributed by atoms with Crippen molar-refractivity contribution < 1.29 is 0 Å². The molecular weight excluding hydrogens is 224 g/mol. The molecule has 1 aliphatic heterocycles. The highest BCUT2D eigenvalue weighted by molar-refractivity contribution is 5.15. The van der Waals surface area contributed by atoms with Crippen LogP contribution in [0.5, 0.6) is 0 Å². The highest BCUT2D eigenvalue weighted by atomic mass is 15.3. The summed E-state index contributed by atoms with van der Waals surface area (Å²) >= 11 is 0. The van der Waals surface area contributed by atoms with E-state index in [1.54, 1.807) is 0 Å². The zero-order valence-electron chi connectivity index (χ0n) is 12.1. The molecule has 0 aliphatic carbocycles. The first-order valence-corrected chi connectivity index (χ1v) is 7.03. The van der Waals surface area contributed by atoms with Crippen molar-refractivity contribution >= 4 is 0 Å². The van der Waals surface area contributed by atoms with Gasteiger partial charge >= 0.3 is 0 Å². The van der Waals surface area contributed by atoms with Crippen LogP contribution in [0.4, 0.5) is 0 Å². The molecule has 0 bridgehead atoms. The second-order valence-electron chi connectivity index (χ2n) is 5.66. The summed E-state index contributed by atoms with van der Waals surface area (Å²) in [6, 6.07) is 1.35. The Morgan fingerprint density at radius 3 is 2.56 bits per heavy atom. The van der Waals surface area contributed by atoms with Gasteiger partial charge < -0.3 is 10.2 Å². The van der Waals surface area contributed by atoms with Crippen molar-refractivity contribution in [3.63, 3.8) is 0 Å². The third-order valence-corrected chi connectivity index (χ3v) is 4.18. The molecule has 2 heterocycles. The lowest BCUT2D eigenvalue weighted by Crippen LogP contribution is -2.44. The molecule has 4 heteroatoms. The van der Waals surface area contributed by atoms with Crippen molar-refractivity contribution in [1.82, 2.24) is 20.0 Å². The number of aryl methyl sites for hydroxylation is 1. The lowest BCUT2D eigenvalue weighted by molar-refractivity contribution is 0.161. The molecular formula is C14H26N4. The molecule has 0 atom stereocenters. The van der Waals surface area contributed by atoms with Gasteiger partial charge in [0.2, 0.25) is 0 Å². The van der Waals surface area contributed by atoms with Crippen molar-refractivity contribution in [2.45, 2.75) is 52.2 Å². The molecule has 0 aromatic carbocycles. The minimum absolute atomic E-state index is 0.666. The highest BCUT2D eigenvalue weighted by Gasteiger charge is 2.20. The molecule has 2 rings (SSSR count). The summed E-state index contributed by atoms with van der Waals surface area (Å²) in [5, 5.41) is 7.96. The van der Waals surface area contributed by atoms with Crippen molar-refractivity contribution in [1.29, 1.82) is 0 Å². The number of piperidine rings is 1. The summed E-state index contributed by atoms with van der Waals surface area (Å²) in [7, 11) is 2.00. The predicted octanol–water partition coefficient (Wildman–Crippen LogP) is 1.69. The second-order valence-corrected chi connectivity index (χ2v) is 5.66. The summed E-state index contributed by atoms with van der Waals surface area (Å²) in [5.74, 6) is 0. The average molecular weight is 250 g/mol. The van der Waals surface area contributed by atoms with Crippen LogP contribution in [0.2, 0.25) is 0 Å². The lowest BCUT2D eigenvalue weighted by atomic mass is 10.0. The Morgan fingerprint density at radius 2 is 2.06 bits per heavy atom. The van der Waals surface area contributed by atoms with Crippen LogP contribution in [0, 0.1) is 6.92 Å². The molecule has 1 N–H and O–H groups in total. The Hall–Kier alpha value is -0.870. The van der Waals surface area contributed by atoms with Crippen LogP contribution < -0.4 is 5.32 Å². The van der Waals surface area contributed by atoms with E-state index < -0.39 is 0 Å². The maximum atomic E-state index is 4.28. The molecule has 0 radical (unpaired) electrons. The third kappa shape index (κ3) is 3.12. The minimum atomic E-state index is 0.666. The van der Waals surface area contributed by atoms with Crippen LogP contribution in [-0.4, -0.2) is 39.9 Å². The van der Waals surface area contributed by atoms with Gasteiger partial charge in [-0.25, -0.2) is 0 Å². The second kappa shape index (κ2) is 5.85. The van der Waals surface area contributed by atoms with Crippen molar-refractivity contribution in [2.75, 3.05) is 13.1 Å². The van der Waals surface area contributed by atoms with E-state index in [1.165, 1.54) is 37.2 Å². The molecule has 0 spiro atoms. The normalized spacial score (nSPS) is 18.7. The van der Waals surface area contributed by atoms with Gasteiger partial charge in [-0.3, -0.25) is 4.68 Å². The Bertz CT molecular complexity index is 375. The molecule has 18 heavy (non-hydrogen) atoms. The van der Waals surface area contributed by atoms with Crippen LogP contribution in [0.25, 0.3) is 0 Å². The fourth-order valence-corrected chi connectivity index (χ4v) is 2.59. The first-order valence-electron chi connectivity index (χ1n) is 7.03. The van der Waals surface area contributed by atoms with Crippen LogP contribution >= 0.6 is 0 Å². The van der Waals surface area contributed by atoms with Gasteiger partial charge in [-0.05, 0) is 46.7 Å². The molecule has 1 aromatic heterocycles. The first-order chi connectivity index (χ1) is 8.58. The fraction of sp³-hybridized carbons (Fsp3) is 0.786. The van der Waals surface area contributed by atoms with Gasteiger partial charge in [-0.2, -0.15) is 5.10 Å². The van der Waals surface area contributed by atoms with E-state index in [0.29, 0.717) is 12.1 Å². The van der Waals surface area contributed by atoms with Crippen LogP contribution in [0.15, 0.2) is 6.20 Å². The number of hydrogen-bond donors (Lipinski definition) is 1. The van der Waals surface area contributed by atoms with Gasteiger partial charge in [-0.15, -0.1) is 0 Å². The Kier molecular flexibility index (Phi) is 4.40. The standard InChI is InChI=1S/C14H26N4/c1-11(2)18-7-5-14(6-8-18)15-9-13-10-16-17(4)12(13)3/h10-11,14-15H,5-9H2,1-4H3. The van der Waals surface area contributed by atoms with Crippen molar-refractivity contribution in [3.8, 4) is 0 Å². The van der Waals surface area contributed by atoms with Gasteiger partial charge in [0.25, 0.3) is 0 Å². The molecule has 0 saturated carbocycles. The Morgan fingerprint density at radius 1 is 1.39 bits per heavy atom. The summed E-state index contributed by atoms with van der Waals surface area (Å²) in [4.78, 5) is 2.56. The molecule has 1 aliphatic rings. The summed E-state index contributed by atoms with van der Waals surface area (Å²) < 4.78 is 1.94. The van der Waals surface area contributed by atoms with E-state index >= 15 is 0 Å². The van der Waals surface area contributed by atoms with Gasteiger partial charge in [-0.1, -0.05) is 0 Å². The maximum Gasteiger partial charge on any atom is 0.0537 e. The van der Waals surface area contributed by atoms with Crippen LogP contribution in [0.1, 0.15) is 37.9 Å². The van der Waals surface area contributed by atoms with E-state index in [-0.39, 0.29) is 0 Å². The molecule has 4 nitrogen and oxygen atoms in total. The van der Waals surface area contributed by atoms with E-state index in [4.69, 9.17) is 0 Å². The molecule has 1 saturated heterocycles. The fourth-order valence-electron chi connectivity index (χ4n) is 2.59. The zero-order valence-corrected chi connectivity index (χ0v) is 12.1. The van der Waals surface area contributed by atoms with E-state index in [0.717, 1.165) is 6.54 Å². The topological polar surface area (TPSA) is 33.1 Å². The number of nitrogens with one attached hydrogen (secondary N) is 1. The van der Waals surface area contributed by atoms with E-state index in [1.807, 2.05) is 17.9 Å². The predicted molar refractivity (Wildman–Crippen MR) is 74.5 cm³/mol. The minimum Gasteiger partial charge on any atom is -0.310 e. The zero-order chi connectivity index (χ0) is 13.1. The molecule has 0 amide bonds. The largest absolute Gasteiger partial charge is 0.310 e. The number of nitrogens with zero attached hydrogens (tertiary/aromatic N) is 3. The summed E-state index contributed by atoms with van der Waals surface area (Å²) in [6.07, 6.45) is 4.50. The van der Waals surface area contributed by atoms with E-state index in [9.17, 15) is 0 Å². The quantitative estimate of drug-likeness (QED) is 0.883. The number of likely N-dealkylation sites (tertiary alicyclic amines) is 1. The number of rotatable bonds is 4. The molecule has 1 fully saturated rings. The highest BCUT2D eigenvalue weighted by Crippen LogP contribution is 2.14. The van der Waals surface area contributed by atoms with Crippen LogP contribution in [-0.2, 0) is 13.6 Å². The smallest absolute Gasteiger partial charge is 0.0537 e. The lowest BCUT2D eigenvalue weighted by Gasteiger charge is -2.35. The molecule has 102 valence electrons. The number of hydrogen-bond acceptors (Lipinski definition) is 3. The molecule has 1 aromatic rings. The van der Waals surface area contributed by atoms with Gasteiger partial charge in [0.1, 0.15) is 0 Å². The monoisotopic (exact) mass is 250 g/mol. The Balaban J connectivity index is 1.77. The Labute approximate surface area is 110 Å². The van der Waals surface area contributed by atoms with E-state index in [2.05, 4.69) is 36.1 Å². The third-order valence-electron chi connectivity index (χ3n) is 4.18. The number of aromatic nitrogens is 2. The molecule has 0 unspecified atom stereocenters. The average Bonchev–Trinajstić information content (AvgIpc) is 2.68. The van der Waals surface area contributed by atoms with Crippen molar-refractivity contribution in [2.24, 2.45) is 7.05 Å². The van der Waals surface area contributed by atoms with Gasteiger partial charge in [0.05, 0.1) is 6.20 Å². The van der Waals surface area contributed by atoms with Crippen molar-refractivity contribution in [3.05, 3.63) is 17.5 Å². The first kappa shape index (κ1) is 13.6. The summed E-state index contributed by atoms with van der Waals surface area (Å²) in [6.45, 7) is 10.1. The SMILES string of the molecule is Cc1c(CNC2CCN(C(C)C)CC2)cnn1C. The van der Waals surface area contributed by atoms with Gasteiger partial charge in [0, 0.05) is 36.9 Å².